The van der Waals surface area contributed by atoms with Crippen LogP contribution < -0.4 is 5.32 Å². The van der Waals surface area contributed by atoms with Gasteiger partial charge in [-0.1, -0.05) is 23.7 Å². The third kappa shape index (κ3) is 5.24. The summed E-state index contributed by atoms with van der Waals surface area (Å²) >= 11 is 11.5. The Bertz CT molecular complexity index is 1150. The van der Waals surface area contributed by atoms with Gasteiger partial charge in [0.2, 0.25) is 10.7 Å². The number of halogens is 1. The average molecular weight is 472 g/mol. The van der Waals surface area contributed by atoms with Crippen molar-refractivity contribution in [3.8, 4) is 5.69 Å². The van der Waals surface area contributed by atoms with Crippen molar-refractivity contribution in [3.05, 3.63) is 63.4 Å². The lowest BCUT2D eigenvalue weighted by Gasteiger charge is -2.33. The van der Waals surface area contributed by atoms with Gasteiger partial charge in [-0.05, 0) is 78.0 Å². The molecule has 1 aromatic heterocycles. The van der Waals surface area contributed by atoms with Crippen LogP contribution in [0.4, 0.5) is 5.69 Å². The molecule has 1 aliphatic heterocycles. The number of hydrogen-bond donors (Lipinski definition) is 1. The maximum absolute atomic E-state index is 12.5. The SMILES string of the molecule is Cc1cccc(NC(=O)CN2CCN(Cn3nnn(-c4ccc(Cl)cc4)c3=S)CC2)c1C. The monoisotopic (exact) mass is 471 g/mol. The minimum Gasteiger partial charge on any atom is -0.325 e. The fourth-order valence-corrected chi connectivity index (χ4v) is 4.03. The first-order chi connectivity index (χ1) is 15.4. The molecule has 32 heavy (non-hydrogen) atoms. The zero-order valence-corrected chi connectivity index (χ0v) is 19.7. The number of piperazine rings is 1. The first-order valence-electron chi connectivity index (χ1n) is 10.5. The molecule has 2 aromatic carbocycles. The third-order valence-corrected chi connectivity index (χ3v) is 6.39. The van der Waals surface area contributed by atoms with Gasteiger partial charge in [0.15, 0.2) is 0 Å². The van der Waals surface area contributed by atoms with Crippen LogP contribution in [0, 0.1) is 18.6 Å². The Balaban J connectivity index is 1.29. The minimum absolute atomic E-state index is 0.0141. The second-order valence-corrected chi connectivity index (χ2v) is 8.78. The Kier molecular flexibility index (Phi) is 7.00. The summed E-state index contributed by atoms with van der Waals surface area (Å²) in [6.07, 6.45) is 0. The number of hydrogen-bond acceptors (Lipinski definition) is 6. The summed E-state index contributed by atoms with van der Waals surface area (Å²) in [6.45, 7) is 8.28. The van der Waals surface area contributed by atoms with Gasteiger partial charge in [0.1, 0.15) is 0 Å². The Morgan fingerprint density at radius 1 is 1.03 bits per heavy atom. The molecule has 0 aliphatic carbocycles. The lowest BCUT2D eigenvalue weighted by molar-refractivity contribution is -0.117. The maximum atomic E-state index is 12.5. The Morgan fingerprint density at radius 3 is 2.44 bits per heavy atom. The van der Waals surface area contributed by atoms with E-state index in [4.69, 9.17) is 23.8 Å². The van der Waals surface area contributed by atoms with E-state index in [2.05, 4.69) is 25.5 Å². The van der Waals surface area contributed by atoms with E-state index in [1.165, 1.54) is 5.56 Å². The van der Waals surface area contributed by atoms with Crippen molar-refractivity contribution in [1.29, 1.82) is 0 Å². The molecule has 3 aromatic rings. The van der Waals surface area contributed by atoms with Crippen LogP contribution in [0.25, 0.3) is 5.69 Å². The van der Waals surface area contributed by atoms with Gasteiger partial charge in [0.05, 0.1) is 18.9 Å². The van der Waals surface area contributed by atoms with Crippen LogP contribution in [-0.4, -0.2) is 68.2 Å². The molecule has 2 heterocycles. The van der Waals surface area contributed by atoms with Crippen LogP contribution in [0.5, 0.6) is 0 Å². The number of aryl methyl sites for hydroxylation is 1. The van der Waals surface area contributed by atoms with Crippen molar-refractivity contribution in [2.45, 2.75) is 20.5 Å². The smallest absolute Gasteiger partial charge is 0.238 e. The zero-order chi connectivity index (χ0) is 22.7. The summed E-state index contributed by atoms with van der Waals surface area (Å²) < 4.78 is 3.87. The molecule has 0 unspecified atom stereocenters. The van der Waals surface area contributed by atoms with Crippen LogP contribution in [0.2, 0.25) is 5.02 Å². The van der Waals surface area contributed by atoms with Crippen molar-refractivity contribution in [1.82, 2.24) is 29.6 Å². The molecule has 4 rings (SSSR count). The number of aromatic nitrogens is 4. The highest BCUT2D eigenvalue weighted by molar-refractivity contribution is 7.71. The standard InChI is InChI=1S/C22H26ClN7OS/c1-16-4-3-5-20(17(16)2)24-21(31)14-27-10-12-28(13-11-27)15-29-22(32)30(26-25-29)19-8-6-18(23)7-9-19/h3-9H,10-15H2,1-2H3,(H,24,31). The highest BCUT2D eigenvalue weighted by Gasteiger charge is 2.20. The number of nitrogens with zero attached hydrogens (tertiary/aromatic N) is 6. The topological polar surface area (TPSA) is 71.2 Å². The number of amides is 1. The largest absolute Gasteiger partial charge is 0.325 e. The van der Waals surface area contributed by atoms with E-state index in [1.54, 1.807) is 21.5 Å². The van der Waals surface area contributed by atoms with Crippen LogP contribution in [0.15, 0.2) is 42.5 Å². The second kappa shape index (κ2) is 9.91. The third-order valence-electron chi connectivity index (χ3n) is 5.76. The van der Waals surface area contributed by atoms with Crippen molar-refractivity contribution in [2.24, 2.45) is 0 Å². The Hall–Kier alpha value is -2.59. The van der Waals surface area contributed by atoms with Gasteiger partial charge in [-0.25, -0.2) is 4.68 Å². The van der Waals surface area contributed by atoms with E-state index < -0.39 is 0 Å². The Morgan fingerprint density at radius 2 is 1.72 bits per heavy atom. The molecule has 1 amide bonds. The molecule has 168 valence electrons. The Labute approximate surface area is 197 Å². The number of carbonyl (C=O) groups is 1. The first-order valence-corrected chi connectivity index (χ1v) is 11.3. The van der Waals surface area contributed by atoms with E-state index in [0.29, 0.717) is 23.0 Å². The number of carbonyl (C=O) groups excluding carboxylic acids is 1. The molecule has 1 N–H and O–H groups in total. The van der Waals surface area contributed by atoms with Gasteiger partial charge >= 0.3 is 0 Å². The van der Waals surface area contributed by atoms with Gasteiger partial charge < -0.3 is 5.32 Å². The van der Waals surface area contributed by atoms with Gasteiger partial charge in [0, 0.05) is 36.9 Å². The predicted molar refractivity (Wildman–Crippen MR) is 128 cm³/mol. The highest BCUT2D eigenvalue weighted by Crippen LogP contribution is 2.18. The molecule has 0 bridgehead atoms. The summed E-state index contributed by atoms with van der Waals surface area (Å²) in [5.41, 5.74) is 3.98. The number of benzene rings is 2. The van der Waals surface area contributed by atoms with Crippen molar-refractivity contribution in [3.63, 3.8) is 0 Å². The van der Waals surface area contributed by atoms with Crippen molar-refractivity contribution in [2.75, 3.05) is 38.0 Å². The van der Waals surface area contributed by atoms with Crippen LogP contribution in [-0.2, 0) is 11.5 Å². The van der Waals surface area contributed by atoms with Gasteiger partial charge in [-0.3, -0.25) is 14.6 Å². The van der Waals surface area contributed by atoms with Crippen molar-refractivity contribution < 1.29 is 4.79 Å². The molecule has 1 saturated heterocycles. The van der Waals surface area contributed by atoms with E-state index in [-0.39, 0.29) is 5.91 Å². The summed E-state index contributed by atoms with van der Waals surface area (Å²) in [7, 11) is 0. The molecule has 8 nitrogen and oxygen atoms in total. The zero-order valence-electron chi connectivity index (χ0n) is 18.2. The van der Waals surface area contributed by atoms with Gasteiger partial charge in [-0.15, -0.1) is 0 Å². The van der Waals surface area contributed by atoms with Crippen LogP contribution >= 0.6 is 23.8 Å². The maximum Gasteiger partial charge on any atom is 0.238 e. The molecular formula is C22H26ClN7OS. The van der Waals surface area contributed by atoms with Crippen LogP contribution in [0.1, 0.15) is 11.1 Å². The van der Waals surface area contributed by atoms with E-state index >= 15 is 0 Å². The molecule has 0 atom stereocenters. The van der Waals surface area contributed by atoms with E-state index in [1.807, 2.05) is 44.2 Å². The van der Waals surface area contributed by atoms with Crippen molar-refractivity contribution >= 4 is 35.4 Å². The highest BCUT2D eigenvalue weighted by atomic mass is 35.5. The lowest BCUT2D eigenvalue weighted by Crippen LogP contribution is -2.49. The number of nitrogens with one attached hydrogen (secondary N) is 1. The first kappa shape index (κ1) is 22.6. The summed E-state index contributed by atoms with van der Waals surface area (Å²) in [4.78, 5) is 16.9. The summed E-state index contributed by atoms with van der Waals surface area (Å²) in [5.74, 6) is 0.0141. The normalized spacial score (nSPS) is 15.1. The summed E-state index contributed by atoms with van der Waals surface area (Å²) in [5, 5.41) is 12.1. The average Bonchev–Trinajstić information content (AvgIpc) is 3.13. The van der Waals surface area contributed by atoms with E-state index in [0.717, 1.165) is 43.1 Å². The molecule has 0 spiro atoms. The molecule has 1 aliphatic rings. The van der Waals surface area contributed by atoms with E-state index in [9.17, 15) is 4.79 Å². The molecule has 0 saturated carbocycles. The van der Waals surface area contributed by atoms with Gasteiger partial charge in [-0.2, -0.15) is 4.68 Å². The lowest BCUT2D eigenvalue weighted by atomic mass is 10.1. The molecule has 1 fully saturated rings. The van der Waals surface area contributed by atoms with Crippen LogP contribution in [0.3, 0.4) is 0 Å². The van der Waals surface area contributed by atoms with Gasteiger partial charge in [0.25, 0.3) is 0 Å². The second-order valence-electron chi connectivity index (χ2n) is 7.98. The summed E-state index contributed by atoms with van der Waals surface area (Å²) in [6, 6.07) is 13.3. The predicted octanol–water partition coefficient (Wildman–Crippen LogP) is 3.28. The number of tetrazole rings is 1. The molecular weight excluding hydrogens is 446 g/mol. The molecule has 0 radical (unpaired) electrons. The number of anilines is 1. The quantitative estimate of drug-likeness (QED) is 0.556. The fraction of sp³-hybridized carbons (Fsp3) is 0.364. The minimum atomic E-state index is 0.0141. The number of rotatable bonds is 6. The molecule has 10 heteroatoms. The fourth-order valence-electron chi connectivity index (χ4n) is 3.66.